The van der Waals surface area contributed by atoms with Crippen LogP contribution in [0.25, 0.3) is 0 Å². The predicted octanol–water partition coefficient (Wildman–Crippen LogP) is -0.415. The highest BCUT2D eigenvalue weighted by Crippen LogP contribution is 2.10. The van der Waals surface area contributed by atoms with Crippen LogP contribution in [0.4, 0.5) is 4.79 Å². The molecule has 4 N–H and O–H groups in total. The zero-order chi connectivity index (χ0) is 11.3. The van der Waals surface area contributed by atoms with E-state index >= 15 is 0 Å². The number of urea groups is 1. The molecule has 0 aromatic carbocycles. The minimum atomic E-state index is -0.0891. The van der Waals surface area contributed by atoms with Crippen LogP contribution in [0.3, 0.4) is 0 Å². The van der Waals surface area contributed by atoms with Gasteiger partial charge in [0, 0.05) is 32.7 Å². The summed E-state index contributed by atoms with van der Waals surface area (Å²) in [5.41, 5.74) is 5.58. The third-order valence-corrected chi connectivity index (χ3v) is 2.81. The maximum absolute atomic E-state index is 11.1. The van der Waals surface area contributed by atoms with Gasteiger partial charge in [0.05, 0.1) is 0 Å². The van der Waals surface area contributed by atoms with Gasteiger partial charge >= 0.3 is 6.03 Å². The summed E-state index contributed by atoms with van der Waals surface area (Å²) >= 11 is 0. The SMILES string of the molecule is CNC(=O)N[C@@H]1CCN(C[C@@H](C)CN)C1. The molecule has 15 heavy (non-hydrogen) atoms. The summed E-state index contributed by atoms with van der Waals surface area (Å²) in [5, 5.41) is 5.50. The van der Waals surface area contributed by atoms with Crippen molar-refractivity contribution in [3.8, 4) is 0 Å². The molecule has 0 aromatic rings. The van der Waals surface area contributed by atoms with E-state index in [9.17, 15) is 4.79 Å². The van der Waals surface area contributed by atoms with Gasteiger partial charge in [0.25, 0.3) is 0 Å². The second-order valence-corrected chi connectivity index (χ2v) is 4.31. The average molecular weight is 214 g/mol. The average Bonchev–Trinajstić information content (AvgIpc) is 2.65. The Morgan fingerprint density at radius 2 is 2.40 bits per heavy atom. The van der Waals surface area contributed by atoms with Crippen LogP contribution in [0.15, 0.2) is 0 Å². The Labute approximate surface area is 91.4 Å². The fourth-order valence-corrected chi connectivity index (χ4v) is 1.89. The Morgan fingerprint density at radius 3 is 3.00 bits per heavy atom. The Hall–Kier alpha value is -0.810. The van der Waals surface area contributed by atoms with Crippen LogP contribution < -0.4 is 16.4 Å². The van der Waals surface area contributed by atoms with Gasteiger partial charge in [0.2, 0.25) is 0 Å². The Kier molecular flexibility index (Phi) is 4.84. The number of nitrogens with two attached hydrogens (primary N) is 1. The molecule has 0 saturated carbocycles. The first-order chi connectivity index (χ1) is 7.15. The molecule has 1 saturated heterocycles. The monoisotopic (exact) mass is 214 g/mol. The van der Waals surface area contributed by atoms with Gasteiger partial charge in [0.1, 0.15) is 0 Å². The van der Waals surface area contributed by atoms with Crippen LogP contribution in [-0.4, -0.2) is 50.2 Å². The molecule has 0 unspecified atom stereocenters. The number of carbonyl (C=O) groups is 1. The van der Waals surface area contributed by atoms with Gasteiger partial charge in [-0.05, 0) is 18.9 Å². The lowest BCUT2D eigenvalue weighted by Crippen LogP contribution is -2.42. The van der Waals surface area contributed by atoms with E-state index < -0.39 is 0 Å². The number of nitrogens with one attached hydrogen (secondary N) is 2. The molecule has 1 rings (SSSR count). The Morgan fingerprint density at radius 1 is 1.67 bits per heavy atom. The van der Waals surface area contributed by atoms with Crippen LogP contribution in [0, 0.1) is 5.92 Å². The minimum Gasteiger partial charge on any atom is -0.341 e. The lowest BCUT2D eigenvalue weighted by atomic mass is 10.2. The zero-order valence-electron chi connectivity index (χ0n) is 9.62. The van der Waals surface area contributed by atoms with Crippen LogP contribution in [0.1, 0.15) is 13.3 Å². The summed E-state index contributed by atoms with van der Waals surface area (Å²) in [7, 11) is 1.64. The topological polar surface area (TPSA) is 70.4 Å². The lowest BCUT2D eigenvalue weighted by Gasteiger charge is -2.19. The molecule has 0 spiro atoms. The summed E-state index contributed by atoms with van der Waals surface area (Å²) in [6, 6.07) is 0.198. The van der Waals surface area contributed by atoms with Crippen molar-refractivity contribution in [2.24, 2.45) is 11.7 Å². The third kappa shape index (κ3) is 4.05. The van der Waals surface area contributed by atoms with E-state index in [-0.39, 0.29) is 12.1 Å². The van der Waals surface area contributed by atoms with Gasteiger partial charge in [-0.1, -0.05) is 6.92 Å². The predicted molar refractivity (Wildman–Crippen MR) is 60.7 cm³/mol. The van der Waals surface area contributed by atoms with E-state index in [1.165, 1.54) is 0 Å². The summed E-state index contributed by atoms with van der Waals surface area (Å²) < 4.78 is 0. The van der Waals surface area contributed by atoms with Crippen molar-refractivity contribution in [3.63, 3.8) is 0 Å². The van der Waals surface area contributed by atoms with Gasteiger partial charge in [-0.15, -0.1) is 0 Å². The summed E-state index contributed by atoms with van der Waals surface area (Å²) in [5.74, 6) is 0.531. The van der Waals surface area contributed by atoms with Gasteiger partial charge in [0.15, 0.2) is 0 Å². The van der Waals surface area contributed by atoms with E-state index in [0.717, 1.165) is 32.6 Å². The number of carbonyl (C=O) groups excluding carboxylic acids is 1. The molecule has 0 bridgehead atoms. The molecule has 0 aliphatic carbocycles. The fraction of sp³-hybridized carbons (Fsp3) is 0.900. The molecule has 0 radical (unpaired) electrons. The maximum atomic E-state index is 11.1. The van der Waals surface area contributed by atoms with E-state index in [1.807, 2.05) is 0 Å². The first-order valence-corrected chi connectivity index (χ1v) is 5.56. The van der Waals surface area contributed by atoms with E-state index in [4.69, 9.17) is 5.73 Å². The summed E-state index contributed by atoms with van der Waals surface area (Å²) in [6.07, 6.45) is 1.03. The fourth-order valence-electron chi connectivity index (χ4n) is 1.89. The second-order valence-electron chi connectivity index (χ2n) is 4.31. The minimum absolute atomic E-state index is 0.0891. The van der Waals surface area contributed by atoms with Crippen LogP contribution in [0.2, 0.25) is 0 Å². The Balaban J connectivity index is 2.23. The molecular weight excluding hydrogens is 192 g/mol. The number of hydrogen-bond donors (Lipinski definition) is 3. The molecule has 5 nitrogen and oxygen atoms in total. The zero-order valence-corrected chi connectivity index (χ0v) is 9.62. The quantitative estimate of drug-likeness (QED) is 0.595. The lowest BCUT2D eigenvalue weighted by molar-refractivity contribution is 0.237. The molecule has 5 heteroatoms. The Bertz CT molecular complexity index is 210. The number of nitrogens with zero attached hydrogens (tertiary/aromatic N) is 1. The molecule has 2 atom stereocenters. The first kappa shape index (κ1) is 12.3. The number of rotatable bonds is 4. The molecule has 2 amide bonds. The van der Waals surface area contributed by atoms with E-state index in [1.54, 1.807) is 7.05 Å². The molecular formula is C10H22N4O. The number of hydrogen-bond acceptors (Lipinski definition) is 3. The highest BCUT2D eigenvalue weighted by molar-refractivity contribution is 5.73. The van der Waals surface area contributed by atoms with Gasteiger partial charge in [-0.25, -0.2) is 4.79 Å². The van der Waals surface area contributed by atoms with E-state index in [2.05, 4.69) is 22.5 Å². The van der Waals surface area contributed by atoms with Crippen molar-refractivity contribution in [3.05, 3.63) is 0 Å². The normalized spacial score (nSPS) is 23.8. The molecule has 1 fully saturated rings. The van der Waals surface area contributed by atoms with Gasteiger partial charge < -0.3 is 21.3 Å². The smallest absolute Gasteiger partial charge is 0.314 e. The highest BCUT2D eigenvalue weighted by Gasteiger charge is 2.24. The highest BCUT2D eigenvalue weighted by atomic mass is 16.2. The van der Waals surface area contributed by atoms with Gasteiger partial charge in [-0.2, -0.15) is 0 Å². The van der Waals surface area contributed by atoms with Crippen molar-refractivity contribution >= 4 is 6.03 Å². The van der Waals surface area contributed by atoms with Crippen LogP contribution in [0.5, 0.6) is 0 Å². The first-order valence-electron chi connectivity index (χ1n) is 5.56. The number of likely N-dealkylation sites (tertiary alicyclic amines) is 1. The van der Waals surface area contributed by atoms with Crippen molar-refractivity contribution in [1.82, 2.24) is 15.5 Å². The largest absolute Gasteiger partial charge is 0.341 e. The van der Waals surface area contributed by atoms with Gasteiger partial charge in [-0.3, -0.25) is 0 Å². The maximum Gasteiger partial charge on any atom is 0.314 e. The third-order valence-electron chi connectivity index (χ3n) is 2.81. The molecule has 1 heterocycles. The summed E-state index contributed by atoms with van der Waals surface area (Å²) in [4.78, 5) is 13.5. The van der Waals surface area contributed by atoms with Crippen LogP contribution in [-0.2, 0) is 0 Å². The summed E-state index contributed by atoms with van der Waals surface area (Å²) in [6.45, 7) is 5.91. The van der Waals surface area contributed by atoms with Crippen molar-refractivity contribution in [2.75, 3.05) is 33.2 Å². The van der Waals surface area contributed by atoms with Crippen molar-refractivity contribution in [2.45, 2.75) is 19.4 Å². The van der Waals surface area contributed by atoms with Crippen molar-refractivity contribution < 1.29 is 4.79 Å². The second kappa shape index (κ2) is 5.92. The molecule has 1 aliphatic heterocycles. The van der Waals surface area contributed by atoms with E-state index in [0.29, 0.717) is 5.92 Å². The van der Waals surface area contributed by atoms with Crippen LogP contribution >= 0.6 is 0 Å². The molecule has 0 aromatic heterocycles. The standard InChI is InChI=1S/C10H22N4O/c1-8(5-11)6-14-4-3-9(7-14)13-10(15)12-2/h8-9H,3-7,11H2,1-2H3,(H2,12,13,15)/t8-,9+/m0/s1. The number of amides is 2. The molecule has 1 aliphatic rings. The molecule has 88 valence electrons. The van der Waals surface area contributed by atoms with Crippen molar-refractivity contribution in [1.29, 1.82) is 0 Å².